The highest BCUT2D eigenvalue weighted by Crippen LogP contribution is 2.26. The molecule has 2 rings (SSSR count). The first-order valence-electron chi connectivity index (χ1n) is 6.10. The van der Waals surface area contributed by atoms with E-state index >= 15 is 0 Å². The van der Waals surface area contributed by atoms with Crippen molar-refractivity contribution in [3.8, 4) is 5.75 Å². The van der Waals surface area contributed by atoms with E-state index in [9.17, 15) is 10.1 Å². The van der Waals surface area contributed by atoms with Crippen LogP contribution in [0.4, 0.5) is 5.69 Å². The Morgan fingerprint density at radius 2 is 1.95 bits per heavy atom. The van der Waals surface area contributed by atoms with Crippen LogP contribution in [0.5, 0.6) is 5.75 Å². The third-order valence-electron chi connectivity index (χ3n) is 2.96. The number of rotatable bonds is 4. The van der Waals surface area contributed by atoms with Crippen molar-refractivity contribution >= 4 is 21.6 Å². The van der Waals surface area contributed by atoms with Crippen molar-refractivity contribution in [2.75, 3.05) is 0 Å². The molecule has 0 heterocycles. The zero-order valence-corrected chi connectivity index (χ0v) is 12.8. The highest BCUT2D eigenvalue weighted by atomic mass is 79.9. The van der Waals surface area contributed by atoms with E-state index in [1.165, 1.54) is 6.07 Å². The molecule has 0 aliphatic heterocycles. The van der Waals surface area contributed by atoms with Crippen LogP contribution in [-0.2, 0) is 6.61 Å². The van der Waals surface area contributed by atoms with Crippen LogP contribution in [-0.4, -0.2) is 4.92 Å². The minimum atomic E-state index is -0.397. The Bertz CT molecular complexity index is 656. The third-order valence-corrected chi connectivity index (χ3v) is 3.45. The number of nitro groups is 1. The molecular weight excluding hydrogens is 322 g/mol. The van der Waals surface area contributed by atoms with Crippen LogP contribution >= 0.6 is 15.9 Å². The molecule has 0 aliphatic carbocycles. The zero-order chi connectivity index (χ0) is 14.7. The first-order chi connectivity index (χ1) is 9.47. The largest absolute Gasteiger partial charge is 0.488 e. The maximum atomic E-state index is 11.0. The van der Waals surface area contributed by atoms with Crippen molar-refractivity contribution < 1.29 is 9.66 Å². The van der Waals surface area contributed by atoms with Gasteiger partial charge in [-0.1, -0.05) is 33.6 Å². The van der Waals surface area contributed by atoms with Crippen LogP contribution in [0.15, 0.2) is 40.9 Å². The van der Waals surface area contributed by atoms with E-state index in [0.717, 1.165) is 16.9 Å². The second kappa shape index (κ2) is 6.05. The zero-order valence-electron chi connectivity index (χ0n) is 11.2. The molecule has 0 unspecified atom stereocenters. The van der Waals surface area contributed by atoms with Crippen molar-refractivity contribution in [2.45, 2.75) is 20.5 Å². The summed E-state index contributed by atoms with van der Waals surface area (Å²) < 4.78 is 6.37. The van der Waals surface area contributed by atoms with Crippen molar-refractivity contribution in [1.82, 2.24) is 0 Å². The monoisotopic (exact) mass is 335 g/mol. The smallest absolute Gasteiger partial charge is 0.277 e. The van der Waals surface area contributed by atoms with Crippen LogP contribution in [0.25, 0.3) is 0 Å². The number of ether oxygens (including phenoxy) is 1. The summed E-state index contributed by atoms with van der Waals surface area (Å²) in [5.74, 6) is 0.743. The van der Waals surface area contributed by atoms with Gasteiger partial charge >= 0.3 is 0 Å². The van der Waals surface area contributed by atoms with Crippen molar-refractivity contribution in [3.05, 3.63) is 67.7 Å². The molecule has 2 aromatic carbocycles. The van der Waals surface area contributed by atoms with Gasteiger partial charge < -0.3 is 4.74 Å². The number of benzene rings is 2. The van der Waals surface area contributed by atoms with Gasteiger partial charge in [0.2, 0.25) is 0 Å². The molecule has 0 atom stereocenters. The predicted octanol–water partition coefficient (Wildman–Crippen LogP) is 4.55. The Hall–Kier alpha value is -1.88. The minimum absolute atomic E-state index is 0.0594. The minimum Gasteiger partial charge on any atom is -0.488 e. The molecule has 0 bridgehead atoms. The standard InChI is InChI=1S/C15H14BrNO3/c1-10-3-6-15(11(2)7-10)20-9-12-4-5-13(16)8-14(12)17(18)19/h3-8H,9H2,1-2H3. The molecule has 5 heteroatoms. The van der Waals surface area contributed by atoms with Gasteiger partial charge in [0, 0.05) is 10.5 Å². The SMILES string of the molecule is Cc1ccc(OCc2ccc(Br)cc2[N+](=O)[O-])c(C)c1. The number of nitro benzene ring substituents is 1. The molecule has 0 fully saturated rings. The van der Waals surface area contributed by atoms with E-state index in [1.807, 2.05) is 32.0 Å². The second-order valence-corrected chi connectivity index (χ2v) is 5.50. The lowest BCUT2D eigenvalue weighted by molar-refractivity contribution is -0.385. The van der Waals surface area contributed by atoms with E-state index in [1.54, 1.807) is 12.1 Å². The second-order valence-electron chi connectivity index (χ2n) is 4.59. The summed E-state index contributed by atoms with van der Waals surface area (Å²) in [7, 11) is 0. The fourth-order valence-electron chi connectivity index (χ4n) is 1.95. The number of nitrogens with zero attached hydrogens (tertiary/aromatic N) is 1. The van der Waals surface area contributed by atoms with Crippen LogP contribution < -0.4 is 4.74 Å². The summed E-state index contributed by atoms with van der Waals surface area (Å²) in [6.07, 6.45) is 0. The summed E-state index contributed by atoms with van der Waals surface area (Å²) >= 11 is 3.23. The van der Waals surface area contributed by atoms with Crippen molar-refractivity contribution in [2.24, 2.45) is 0 Å². The summed E-state index contributed by atoms with van der Waals surface area (Å²) in [6.45, 7) is 4.14. The Labute approximate surface area is 125 Å². The van der Waals surface area contributed by atoms with Crippen LogP contribution in [0.3, 0.4) is 0 Å². The third kappa shape index (κ3) is 3.36. The van der Waals surface area contributed by atoms with Gasteiger partial charge in [-0.05, 0) is 37.6 Å². The molecule has 0 radical (unpaired) electrons. The van der Waals surface area contributed by atoms with E-state index < -0.39 is 4.92 Å². The average Bonchev–Trinajstić information content (AvgIpc) is 2.38. The van der Waals surface area contributed by atoms with E-state index in [0.29, 0.717) is 10.0 Å². The molecule has 0 N–H and O–H groups in total. The van der Waals surface area contributed by atoms with Gasteiger partial charge in [0.15, 0.2) is 0 Å². The summed E-state index contributed by atoms with van der Waals surface area (Å²) in [4.78, 5) is 10.6. The molecule has 2 aromatic rings. The predicted molar refractivity (Wildman–Crippen MR) is 81.0 cm³/mol. The Morgan fingerprint density at radius 1 is 1.20 bits per heavy atom. The average molecular weight is 336 g/mol. The summed E-state index contributed by atoms with van der Waals surface area (Å²) in [5.41, 5.74) is 2.79. The van der Waals surface area contributed by atoms with E-state index in [-0.39, 0.29) is 12.3 Å². The highest BCUT2D eigenvalue weighted by molar-refractivity contribution is 9.10. The molecule has 0 aliphatic rings. The maximum Gasteiger partial charge on any atom is 0.277 e. The van der Waals surface area contributed by atoms with Gasteiger partial charge in [0.05, 0.1) is 10.5 Å². The van der Waals surface area contributed by atoms with Gasteiger partial charge in [0.25, 0.3) is 5.69 Å². The quantitative estimate of drug-likeness (QED) is 0.608. The highest BCUT2D eigenvalue weighted by Gasteiger charge is 2.14. The van der Waals surface area contributed by atoms with Crippen molar-refractivity contribution in [3.63, 3.8) is 0 Å². The number of halogens is 1. The Balaban J connectivity index is 2.20. The van der Waals surface area contributed by atoms with Gasteiger partial charge in [0.1, 0.15) is 12.4 Å². The number of aryl methyl sites for hydroxylation is 2. The molecule has 104 valence electrons. The summed E-state index contributed by atoms with van der Waals surface area (Å²) in [5, 5.41) is 11.0. The fraction of sp³-hybridized carbons (Fsp3) is 0.200. The maximum absolute atomic E-state index is 11.0. The molecule has 20 heavy (non-hydrogen) atoms. The van der Waals surface area contributed by atoms with Gasteiger partial charge in [-0.15, -0.1) is 0 Å². The molecular formula is C15H14BrNO3. The van der Waals surface area contributed by atoms with Gasteiger partial charge in [-0.25, -0.2) is 0 Å². The van der Waals surface area contributed by atoms with Crippen molar-refractivity contribution in [1.29, 1.82) is 0 Å². The number of hydrogen-bond donors (Lipinski definition) is 0. The van der Waals surface area contributed by atoms with Crippen LogP contribution in [0, 0.1) is 24.0 Å². The lowest BCUT2D eigenvalue weighted by Crippen LogP contribution is -2.01. The normalized spacial score (nSPS) is 10.3. The molecule has 0 amide bonds. The lowest BCUT2D eigenvalue weighted by atomic mass is 10.1. The van der Waals surface area contributed by atoms with Gasteiger partial charge in [-0.3, -0.25) is 10.1 Å². The topological polar surface area (TPSA) is 52.4 Å². The van der Waals surface area contributed by atoms with Gasteiger partial charge in [-0.2, -0.15) is 0 Å². The van der Waals surface area contributed by atoms with Crippen LogP contribution in [0.1, 0.15) is 16.7 Å². The van der Waals surface area contributed by atoms with E-state index in [2.05, 4.69) is 15.9 Å². The fourth-order valence-corrected chi connectivity index (χ4v) is 2.29. The summed E-state index contributed by atoms with van der Waals surface area (Å²) in [6, 6.07) is 10.8. The lowest BCUT2D eigenvalue weighted by Gasteiger charge is -2.10. The first kappa shape index (κ1) is 14.5. The van der Waals surface area contributed by atoms with E-state index in [4.69, 9.17) is 4.74 Å². The molecule has 0 spiro atoms. The Kier molecular flexibility index (Phi) is 4.39. The molecule has 0 saturated carbocycles. The molecule has 4 nitrogen and oxygen atoms in total. The number of hydrogen-bond acceptors (Lipinski definition) is 3. The molecule has 0 aromatic heterocycles. The Morgan fingerprint density at radius 3 is 2.60 bits per heavy atom. The molecule has 0 saturated heterocycles. The van der Waals surface area contributed by atoms with Crippen LogP contribution in [0.2, 0.25) is 0 Å². The first-order valence-corrected chi connectivity index (χ1v) is 6.89.